The number of carbonyl (C=O) groups excluding carboxylic acids is 1. The first kappa shape index (κ1) is 12.9. The van der Waals surface area contributed by atoms with Crippen LogP contribution in [0.3, 0.4) is 0 Å². The summed E-state index contributed by atoms with van der Waals surface area (Å²) in [5.74, 6) is 0. The molecule has 0 aliphatic heterocycles. The maximum Gasteiger partial charge on any atom is 0.169 e. The minimum absolute atomic E-state index is 1.92. The zero-order valence-electron chi connectivity index (χ0n) is 7.03. The Kier molecular flexibility index (Phi) is 14.0. The fraction of sp³-hybridized carbons (Fsp3) is 0.250. The van der Waals surface area contributed by atoms with Gasteiger partial charge in [-0.05, 0) is 0 Å². The van der Waals surface area contributed by atoms with Crippen LogP contribution in [0.5, 0.6) is 0 Å². The summed E-state index contributed by atoms with van der Waals surface area (Å²) in [7, 11) is 2.55. The number of hydrogen-bond donors (Lipinski definition) is 0. The topological polar surface area (TPSA) is 20.9 Å². The van der Waals surface area contributed by atoms with Crippen molar-refractivity contribution < 1.29 is 9.13 Å². The van der Waals surface area contributed by atoms with Crippen molar-refractivity contribution >= 4 is 16.2 Å². The van der Waals surface area contributed by atoms with Gasteiger partial charge >= 0.3 is 0 Å². The lowest BCUT2D eigenvalue weighted by atomic mass is 10.5. The first-order valence-electron chi connectivity index (χ1n) is 3.40. The van der Waals surface area contributed by atoms with Crippen LogP contribution in [-0.4, -0.2) is 6.79 Å². The summed E-state index contributed by atoms with van der Waals surface area (Å²) in [6, 6.07) is 5.94. The minimum atomic E-state index is 1.92. The van der Waals surface area contributed by atoms with Gasteiger partial charge in [0, 0.05) is 12.1 Å². The third-order valence-electron chi connectivity index (χ3n) is 0.739. The highest BCUT2D eigenvalue weighted by molar-refractivity contribution is 7.07. The minimum Gasteiger partial charge on any atom is -0.307 e. The number of carbonyl (C=O) groups is 1. The molecular formula is C8H15NOP+. The fourth-order valence-electron chi connectivity index (χ4n) is 0.412. The lowest BCUT2D eigenvalue weighted by Gasteiger charge is -1.77. The average molecular weight is 172 g/mol. The Hall–Kier alpha value is -0.750. The number of pyridine rings is 1. The van der Waals surface area contributed by atoms with Gasteiger partial charge in [0.1, 0.15) is 6.79 Å². The van der Waals surface area contributed by atoms with E-state index in [4.69, 9.17) is 4.79 Å². The van der Waals surface area contributed by atoms with Gasteiger partial charge in [-0.1, -0.05) is 19.9 Å². The molecule has 0 radical (unpaired) electrons. The van der Waals surface area contributed by atoms with E-state index < -0.39 is 0 Å². The van der Waals surface area contributed by atoms with E-state index in [9.17, 15) is 0 Å². The Morgan fingerprint density at radius 2 is 1.45 bits per heavy atom. The molecule has 2 nitrogen and oxygen atoms in total. The molecule has 0 amide bonds. The molecule has 1 unspecified atom stereocenters. The van der Waals surface area contributed by atoms with E-state index in [2.05, 4.69) is 9.39 Å². The second-order valence-electron chi connectivity index (χ2n) is 1.32. The van der Waals surface area contributed by atoms with Gasteiger partial charge in [-0.15, -0.1) is 0 Å². The van der Waals surface area contributed by atoms with E-state index in [1.165, 1.54) is 0 Å². The first-order valence-corrected chi connectivity index (χ1v) is 3.91. The normalized spacial score (nSPS) is 6.45. The molecule has 0 aliphatic rings. The van der Waals surface area contributed by atoms with E-state index in [0.717, 1.165) is 0 Å². The standard InChI is InChI=1S/C5H7NP.C2H6.CH2O/c7-6-4-2-1-3-5-6;2*1-2/h1-5H,7H2;1-2H3;1H2/q+1;;. The number of nitrogens with zero attached hydrogens (tertiary/aromatic N) is 1. The molecule has 11 heavy (non-hydrogen) atoms. The van der Waals surface area contributed by atoms with Crippen LogP contribution in [-0.2, 0) is 4.79 Å². The summed E-state index contributed by atoms with van der Waals surface area (Å²) in [5.41, 5.74) is 0. The zero-order chi connectivity index (χ0) is 9.11. The van der Waals surface area contributed by atoms with Gasteiger partial charge < -0.3 is 4.79 Å². The van der Waals surface area contributed by atoms with E-state index in [0.29, 0.717) is 0 Å². The SMILES string of the molecule is C=O.CC.P[n+]1ccccc1. The molecular weight excluding hydrogens is 157 g/mol. The number of rotatable bonds is 0. The summed E-state index contributed by atoms with van der Waals surface area (Å²) in [6.07, 6.45) is 3.93. The highest BCUT2D eigenvalue weighted by Crippen LogP contribution is 1.77. The zero-order valence-corrected chi connectivity index (χ0v) is 8.18. The number of hydrogen-bond acceptors (Lipinski definition) is 1. The molecule has 3 heteroatoms. The van der Waals surface area contributed by atoms with Crippen LogP contribution in [0.1, 0.15) is 13.8 Å². The fourth-order valence-corrected chi connectivity index (χ4v) is 0.611. The van der Waals surface area contributed by atoms with E-state index in [1.54, 1.807) is 0 Å². The molecule has 0 aromatic carbocycles. The van der Waals surface area contributed by atoms with Crippen molar-refractivity contribution in [2.24, 2.45) is 0 Å². The van der Waals surface area contributed by atoms with E-state index >= 15 is 0 Å². The molecule has 0 bridgehead atoms. The molecule has 0 N–H and O–H groups in total. The lowest BCUT2D eigenvalue weighted by Crippen LogP contribution is -2.15. The monoisotopic (exact) mass is 172 g/mol. The van der Waals surface area contributed by atoms with Gasteiger partial charge in [-0.2, -0.15) is 4.34 Å². The lowest BCUT2D eigenvalue weighted by molar-refractivity contribution is -0.499. The summed E-state index contributed by atoms with van der Waals surface area (Å²) in [6.45, 7) is 6.00. The molecule has 0 fully saturated rings. The maximum atomic E-state index is 8.00. The van der Waals surface area contributed by atoms with Gasteiger partial charge in [0.05, 0.1) is 0 Å². The van der Waals surface area contributed by atoms with Crippen molar-refractivity contribution in [3.8, 4) is 0 Å². The molecule has 1 atom stereocenters. The van der Waals surface area contributed by atoms with Crippen LogP contribution in [0.15, 0.2) is 30.6 Å². The van der Waals surface area contributed by atoms with Crippen LogP contribution in [0.25, 0.3) is 0 Å². The van der Waals surface area contributed by atoms with Crippen LogP contribution in [0.4, 0.5) is 0 Å². The summed E-state index contributed by atoms with van der Waals surface area (Å²) in [4.78, 5) is 8.00. The van der Waals surface area contributed by atoms with Crippen molar-refractivity contribution in [1.82, 2.24) is 0 Å². The molecule has 1 aromatic heterocycles. The van der Waals surface area contributed by atoms with Crippen molar-refractivity contribution in [3.63, 3.8) is 0 Å². The third kappa shape index (κ3) is 9.25. The molecule has 1 aromatic rings. The molecule has 62 valence electrons. The van der Waals surface area contributed by atoms with Crippen molar-refractivity contribution in [1.29, 1.82) is 0 Å². The van der Waals surface area contributed by atoms with Crippen molar-refractivity contribution in [2.75, 3.05) is 0 Å². The van der Waals surface area contributed by atoms with Crippen LogP contribution >= 0.6 is 9.39 Å². The molecule has 1 rings (SSSR count). The predicted octanol–water partition coefficient (Wildman–Crippen LogP) is 1.45. The second-order valence-corrected chi connectivity index (χ2v) is 1.92. The number of aromatic nitrogens is 1. The van der Waals surface area contributed by atoms with Gasteiger partial charge in [0.25, 0.3) is 0 Å². The maximum absolute atomic E-state index is 8.00. The summed E-state index contributed by atoms with van der Waals surface area (Å²) >= 11 is 0. The van der Waals surface area contributed by atoms with Crippen molar-refractivity contribution in [3.05, 3.63) is 30.6 Å². The third-order valence-corrected chi connectivity index (χ3v) is 1.08. The van der Waals surface area contributed by atoms with Gasteiger partial charge in [0.15, 0.2) is 21.8 Å². The van der Waals surface area contributed by atoms with Gasteiger partial charge in [-0.25, -0.2) is 0 Å². The molecule has 1 heterocycles. The molecule has 0 saturated carbocycles. The Morgan fingerprint density at radius 1 is 1.09 bits per heavy atom. The van der Waals surface area contributed by atoms with Crippen LogP contribution < -0.4 is 4.34 Å². The van der Waals surface area contributed by atoms with E-state index in [-0.39, 0.29) is 0 Å². The highest BCUT2D eigenvalue weighted by atomic mass is 31.0. The van der Waals surface area contributed by atoms with Crippen LogP contribution in [0, 0.1) is 0 Å². The Morgan fingerprint density at radius 3 is 1.64 bits per heavy atom. The summed E-state index contributed by atoms with van der Waals surface area (Å²) < 4.78 is 1.92. The van der Waals surface area contributed by atoms with Gasteiger partial charge in [-0.3, -0.25) is 0 Å². The Balaban J connectivity index is 0. The Bertz CT molecular complexity index is 155. The quantitative estimate of drug-likeness (QED) is 0.542. The molecule has 0 saturated heterocycles. The van der Waals surface area contributed by atoms with E-state index in [1.807, 2.05) is 55.6 Å². The predicted molar refractivity (Wildman–Crippen MR) is 50.2 cm³/mol. The first-order chi connectivity index (χ1) is 5.39. The largest absolute Gasteiger partial charge is 0.307 e. The van der Waals surface area contributed by atoms with Crippen LogP contribution in [0.2, 0.25) is 0 Å². The second kappa shape index (κ2) is 12.0. The smallest absolute Gasteiger partial charge is 0.169 e. The molecule has 0 aliphatic carbocycles. The Labute approximate surface area is 70.5 Å². The van der Waals surface area contributed by atoms with Crippen molar-refractivity contribution in [2.45, 2.75) is 13.8 Å². The molecule has 0 spiro atoms. The summed E-state index contributed by atoms with van der Waals surface area (Å²) in [5, 5.41) is 0. The average Bonchev–Trinajstić information content (AvgIpc) is 2.13. The van der Waals surface area contributed by atoms with Gasteiger partial charge in [0.2, 0.25) is 0 Å². The highest BCUT2D eigenvalue weighted by Gasteiger charge is 1.79.